The van der Waals surface area contributed by atoms with Gasteiger partial charge in [-0.05, 0) is 24.1 Å². The fourth-order valence-corrected chi connectivity index (χ4v) is 4.13. The molecule has 1 aliphatic heterocycles. The van der Waals surface area contributed by atoms with Crippen molar-refractivity contribution in [2.75, 3.05) is 13.2 Å². The maximum atomic E-state index is 5.79. The van der Waals surface area contributed by atoms with Gasteiger partial charge in [0.15, 0.2) is 11.5 Å². The smallest absolute Gasteiger partial charge is 0.162 e. The summed E-state index contributed by atoms with van der Waals surface area (Å²) >= 11 is 7.50. The Morgan fingerprint density at radius 1 is 1.05 bits per heavy atom. The first-order chi connectivity index (χ1) is 10.2. The second kappa shape index (κ2) is 9.04. The standard InChI is InChI=1S/C17H24Br2O2/c1-2-3-4-5-6-8-14(18)13-11-16-17(12-15(13)19)21-10-7-9-20-16/h11-12,14H,2-10H2,1H3. The molecule has 0 fully saturated rings. The zero-order chi connectivity index (χ0) is 15.1. The number of alkyl halides is 1. The fraction of sp³-hybridized carbons (Fsp3) is 0.647. The average Bonchev–Trinajstić information content (AvgIpc) is 2.70. The highest BCUT2D eigenvalue weighted by Gasteiger charge is 2.18. The van der Waals surface area contributed by atoms with Crippen LogP contribution in [0.4, 0.5) is 0 Å². The Kier molecular flexibility index (Phi) is 7.38. The van der Waals surface area contributed by atoms with Gasteiger partial charge in [-0.15, -0.1) is 0 Å². The van der Waals surface area contributed by atoms with Crippen molar-refractivity contribution in [3.63, 3.8) is 0 Å². The van der Waals surface area contributed by atoms with Crippen molar-refractivity contribution in [1.82, 2.24) is 0 Å². The SMILES string of the molecule is CCCCCCCC(Br)c1cc2c(cc1Br)OCCCO2. The zero-order valence-corrected chi connectivity index (χ0v) is 15.8. The molecule has 0 radical (unpaired) electrons. The molecule has 0 amide bonds. The first-order valence-electron chi connectivity index (χ1n) is 7.95. The molecule has 118 valence electrons. The minimum atomic E-state index is 0.366. The minimum Gasteiger partial charge on any atom is -0.490 e. The van der Waals surface area contributed by atoms with Gasteiger partial charge in [0.05, 0.1) is 13.2 Å². The van der Waals surface area contributed by atoms with Gasteiger partial charge in [-0.25, -0.2) is 0 Å². The van der Waals surface area contributed by atoms with Crippen molar-refractivity contribution in [2.45, 2.75) is 56.7 Å². The van der Waals surface area contributed by atoms with Crippen LogP contribution >= 0.6 is 31.9 Å². The predicted molar refractivity (Wildman–Crippen MR) is 94.8 cm³/mol. The van der Waals surface area contributed by atoms with Crippen molar-refractivity contribution >= 4 is 31.9 Å². The Labute approximate surface area is 144 Å². The maximum absolute atomic E-state index is 5.79. The van der Waals surface area contributed by atoms with Crippen molar-refractivity contribution in [3.8, 4) is 11.5 Å². The normalized spacial score (nSPS) is 15.6. The van der Waals surface area contributed by atoms with E-state index in [1.165, 1.54) is 37.7 Å². The lowest BCUT2D eigenvalue weighted by atomic mass is 10.0. The molecule has 0 N–H and O–H groups in total. The number of unbranched alkanes of at least 4 members (excludes halogenated alkanes) is 4. The minimum absolute atomic E-state index is 0.366. The number of rotatable bonds is 7. The van der Waals surface area contributed by atoms with E-state index in [2.05, 4.69) is 44.8 Å². The van der Waals surface area contributed by atoms with E-state index in [4.69, 9.17) is 9.47 Å². The lowest BCUT2D eigenvalue weighted by molar-refractivity contribution is 0.297. The Morgan fingerprint density at radius 3 is 2.43 bits per heavy atom. The van der Waals surface area contributed by atoms with Crippen LogP contribution in [0.1, 0.15) is 62.3 Å². The van der Waals surface area contributed by atoms with Gasteiger partial charge in [0.1, 0.15) is 0 Å². The number of hydrogen-bond acceptors (Lipinski definition) is 2. The van der Waals surface area contributed by atoms with Crippen LogP contribution in [0.2, 0.25) is 0 Å². The molecule has 1 atom stereocenters. The van der Waals surface area contributed by atoms with Gasteiger partial charge in [-0.2, -0.15) is 0 Å². The number of ether oxygens (including phenoxy) is 2. The van der Waals surface area contributed by atoms with Crippen molar-refractivity contribution in [3.05, 3.63) is 22.2 Å². The summed E-state index contributed by atoms with van der Waals surface area (Å²) < 4.78 is 12.6. The fourth-order valence-electron chi connectivity index (χ4n) is 2.52. The molecule has 2 nitrogen and oxygen atoms in total. The molecular formula is C17H24Br2O2. The average molecular weight is 420 g/mol. The summed E-state index contributed by atoms with van der Waals surface area (Å²) in [5, 5.41) is 0. The number of benzene rings is 1. The van der Waals surface area contributed by atoms with Crippen LogP contribution in [0.15, 0.2) is 16.6 Å². The first kappa shape index (κ1) is 17.1. The van der Waals surface area contributed by atoms with E-state index < -0.39 is 0 Å². The summed E-state index contributed by atoms with van der Waals surface area (Å²) in [7, 11) is 0. The van der Waals surface area contributed by atoms with Crippen LogP contribution in [0.5, 0.6) is 11.5 Å². The third kappa shape index (κ3) is 5.17. The maximum Gasteiger partial charge on any atom is 0.162 e. The van der Waals surface area contributed by atoms with E-state index in [0.29, 0.717) is 4.83 Å². The molecule has 1 aliphatic rings. The Morgan fingerprint density at radius 2 is 1.71 bits per heavy atom. The molecular weight excluding hydrogens is 396 g/mol. The van der Waals surface area contributed by atoms with Crippen molar-refractivity contribution < 1.29 is 9.47 Å². The van der Waals surface area contributed by atoms with Crippen LogP contribution in [0.25, 0.3) is 0 Å². The van der Waals surface area contributed by atoms with Gasteiger partial charge >= 0.3 is 0 Å². The van der Waals surface area contributed by atoms with Crippen molar-refractivity contribution in [1.29, 1.82) is 0 Å². The molecule has 1 unspecified atom stereocenters. The summed E-state index contributed by atoms with van der Waals surface area (Å²) in [6.45, 7) is 3.72. The van der Waals surface area contributed by atoms with Crippen LogP contribution in [-0.4, -0.2) is 13.2 Å². The summed E-state index contributed by atoms with van der Waals surface area (Å²) in [5.41, 5.74) is 1.26. The molecule has 0 aromatic heterocycles. The Hall–Kier alpha value is -0.220. The quantitative estimate of drug-likeness (QED) is 0.375. The second-order valence-electron chi connectivity index (χ2n) is 5.54. The summed E-state index contributed by atoms with van der Waals surface area (Å²) in [6, 6.07) is 4.16. The molecule has 1 heterocycles. The predicted octanol–water partition coefficient (Wildman–Crippen LogP) is 6.41. The van der Waals surface area contributed by atoms with Gasteiger partial charge in [0.25, 0.3) is 0 Å². The molecule has 0 spiro atoms. The number of hydrogen-bond donors (Lipinski definition) is 0. The Balaban J connectivity index is 1.96. The number of fused-ring (bicyclic) bond motifs is 1. The zero-order valence-electron chi connectivity index (χ0n) is 12.7. The van der Waals surface area contributed by atoms with Gasteiger partial charge in [-0.1, -0.05) is 70.9 Å². The van der Waals surface area contributed by atoms with Crippen molar-refractivity contribution in [2.24, 2.45) is 0 Å². The largest absolute Gasteiger partial charge is 0.490 e. The van der Waals surface area contributed by atoms with Crippen LogP contribution < -0.4 is 9.47 Å². The Bertz CT molecular complexity index is 449. The molecule has 0 saturated heterocycles. The van der Waals surface area contributed by atoms with E-state index in [0.717, 1.165) is 42.0 Å². The molecule has 1 aromatic carbocycles. The lowest BCUT2D eigenvalue weighted by Gasteiger charge is -2.16. The first-order valence-corrected chi connectivity index (χ1v) is 9.66. The lowest BCUT2D eigenvalue weighted by Crippen LogP contribution is -1.97. The highest BCUT2D eigenvalue weighted by Crippen LogP contribution is 2.41. The van der Waals surface area contributed by atoms with Gasteiger partial charge < -0.3 is 9.47 Å². The molecule has 2 rings (SSSR count). The summed E-state index contributed by atoms with van der Waals surface area (Å²) in [4.78, 5) is 0.366. The number of halogens is 2. The van der Waals surface area contributed by atoms with E-state index >= 15 is 0 Å². The highest BCUT2D eigenvalue weighted by molar-refractivity contribution is 9.11. The molecule has 21 heavy (non-hydrogen) atoms. The topological polar surface area (TPSA) is 18.5 Å². The summed E-state index contributed by atoms with van der Waals surface area (Å²) in [5.74, 6) is 1.73. The van der Waals surface area contributed by atoms with E-state index in [1.54, 1.807) is 0 Å². The molecule has 4 heteroatoms. The molecule has 1 aromatic rings. The third-order valence-corrected chi connectivity index (χ3v) is 5.40. The van der Waals surface area contributed by atoms with E-state index in [1.807, 2.05) is 6.07 Å². The highest BCUT2D eigenvalue weighted by atomic mass is 79.9. The molecule has 0 saturated carbocycles. The van der Waals surface area contributed by atoms with Crippen LogP contribution in [0.3, 0.4) is 0 Å². The second-order valence-corrected chi connectivity index (χ2v) is 7.50. The molecule has 0 bridgehead atoms. The van der Waals surface area contributed by atoms with Crippen LogP contribution in [-0.2, 0) is 0 Å². The third-order valence-electron chi connectivity index (χ3n) is 3.77. The van der Waals surface area contributed by atoms with E-state index in [9.17, 15) is 0 Å². The van der Waals surface area contributed by atoms with Gasteiger partial charge in [-0.3, -0.25) is 0 Å². The van der Waals surface area contributed by atoms with E-state index in [-0.39, 0.29) is 0 Å². The molecule has 0 aliphatic carbocycles. The summed E-state index contributed by atoms with van der Waals surface area (Å²) in [6.07, 6.45) is 8.66. The monoisotopic (exact) mass is 418 g/mol. The van der Waals surface area contributed by atoms with Gasteiger partial charge in [0, 0.05) is 15.7 Å². The van der Waals surface area contributed by atoms with Crippen LogP contribution in [0, 0.1) is 0 Å². The van der Waals surface area contributed by atoms with Gasteiger partial charge in [0.2, 0.25) is 0 Å².